The summed E-state index contributed by atoms with van der Waals surface area (Å²) in [6, 6.07) is 53.7. The Morgan fingerprint density at radius 3 is 0.891 bits per heavy atom. The van der Waals surface area contributed by atoms with Gasteiger partial charge in [0.25, 0.3) is 0 Å². The van der Waals surface area contributed by atoms with Crippen LogP contribution >= 0.6 is 14.3 Å². The summed E-state index contributed by atoms with van der Waals surface area (Å²) in [4.78, 5) is 9.51. The molecule has 0 fully saturated rings. The Balaban J connectivity index is 1.66. The van der Waals surface area contributed by atoms with E-state index < -0.39 is 14.3 Å². The Labute approximate surface area is 269 Å². The maximum atomic E-state index is 16.0. The van der Waals surface area contributed by atoms with Gasteiger partial charge < -0.3 is 9.13 Å². The van der Waals surface area contributed by atoms with E-state index in [-0.39, 0.29) is 0 Å². The SMILES string of the molecule is O=P(c1ccccc1)(c1ccccc1)c1cc(-c2ccccn2)c(P(=O)(c2ccccc2)c2ccccc2)cc1-c1ccccn1. The molecule has 0 unspecified atom stereocenters. The molecule has 4 nitrogen and oxygen atoms in total. The molecule has 0 aliphatic heterocycles. The fourth-order valence-electron chi connectivity index (χ4n) is 5.96. The van der Waals surface area contributed by atoms with Gasteiger partial charge in [0.05, 0.1) is 11.4 Å². The highest BCUT2D eigenvalue weighted by Crippen LogP contribution is 2.50. The third kappa shape index (κ3) is 5.26. The largest absolute Gasteiger partial charge is 0.309 e. The van der Waals surface area contributed by atoms with E-state index in [1.54, 1.807) is 12.4 Å². The maximum Gasteiger partial charge on any atom is 0.171 e. The molecule has 0 atom stereocenters. The molecule has 0 radical (unpaired) electrons. The van der Waals surface area contributed by atoms with Crippen LogP contribution in [0.3, 0.4) is 0 Å². The molecule has 0 bridgehead atoms. The number of aromatic nitrogens is 2. The first-order chi connectivity index (χ1) is 22.6. The topological polar surface area (TPSA) is 59.9 Å². The Morgan fingerprint density at radius 2 is 0.630 bits per heavy atom. The van der Waals surface area contributed by atoms with Crippen molar-refractivity contribution in [1.82, 2.24) is 9.97 Å². The molecule has 0 saturated carbocycles. The fraction of sp³-hybridized carbons (Fsp3) is 0. The van der Waals surface area contributed by atoms with Gasteiger partial charge in [-0.05, 0) is 36.4 Å². The van der Waals surface area contributed by atoms with Gasteiger partial charge in [-0.3, -0.25) is 9.97 Å². The highest BCUT2D eigenvalue weighted by molar-refractivity contribution is 7.86. The number of nitrogens with zero attached hydrogens (tertiary/aromatic N) is 2. The first-order valence-electron chi connectivity index (χ1n) is 15.0. The Kier molecular flexibility index (Phi) is 8.16. The van der Waals surface area contributed by atoms with Crippen LogP contribution in [0, 0.1) is 0 Å². The van der Waals surface area contributed by atoms with Gasteiger partial charge >= 0.3 is 0 Å². The van der Waals surface area contributed by atoms with Crippen molar-refractivity contribution in [2.24, 2.45) is 0 Å². The summed E-state index contributed by atoms with van der Waals surface area (Å²) in [6.45, 7) is 0. The molecule has 0 aliphatic rings. The summed E-state index contributed by atoms with van der Waals surface area (Å²) >= 11 is 0. The molecule has 0 saturated heterocycles. The molecular weight excluding hydrogens is 602 g/mol. The molecule has 7 rings (SSSR count). The van der Waals surface area contributed by atoms with Crippen molar-refractivity contribution in [1.29, 1.82) is 0 Å². The first kappa shape index (κ1) is 29.6. The van der Waals surface area contributed by atoms with Crippen LogP contribution in [0.4, 0.5) is 0 Å². The van der Waals surface area contributed by atoms with E-state index in [0.29, 0.717) is 54.3 Å². The molecule has 0 spiro atoms. The monoisotopic (exact) mass is 632 g/mol. The quantitative estimate of drug-likeness (QED) is 0.168. The lowest BCUT2D eigenvalue weighted by atomic mass is 10.1. The highest BCUT2D eigenvalue weighted by atomic mass is 31.2. The summed E-state index contributed by atoms with van der Waals surface area (Å²) in [5, 5.41) is 4.03. The number of hydrogen-bond acceptors (Lipinski definition) is 4. The van der Waals surface area contributed by atoms with E-state index in [0.717, 1.165) is 0 Å². The first-order valence-corrected chi connectivity index (χ1v) is 18.5. The molecule has 222 valence electrons. The summed E-state index contributed by atoms with van der Waals surface area (Å²) in [7, 11) is -7.00. The van der Waals surface area contributed by atoms with Crippen molar-refractivity contribution in [3.05, 3.63) is 182 Å². The van der Waals surface area contributed by atoms with Gasteiger partial charge in [-0.1, -0.05) is 133 Å². The lowest BCUT2D eigenvalue weighted by Crippen LogP contribution is -2.31. The minimum absolute atomic E-state index is 0.612. The van der Waals surface area contributed by atoms with Gasteiger partial charge in [0.15, 0.2) is 14.3 Å². The highest BCUT2D eigenvalue weighted by Gasteiger charge is 2.38. The predicted molar refractivity (Wildman–Crippen MR) is 192 cm³/mol. The molecule has 2 aromatic heterocycles. The second kappa shape index (κ2) is 12.7. The maximum absolute atomic E-state index is 16.0. The average molecular weight is 633 g/mol. The molecular formula is C40H30N2O2P2. The number of benzene rings is 5. The third-order valence-electron chi connectivity index (χ3n) is 8.15. The standard InChI is InChI=1S/C40H30N2O2P2/c43-45(31-17-5-1-6-18-31,32-19-7-2-8-20-32)39-29-36(38-26-14-16-28-42-38)40(30-35(39)37-25-13-15-27-41-37)46(44,33-21-9-3-10-22-33)34-23-11-4-12-24-34/h1-30H. The minimum Gasteiger partial charge on any atom is -0.309 e. The number of hydrogen-bond donors (Lipinski definition) is 0. The van der Waals surface area contributed by atoms with Crippen molar-refractivity contribution >= 4 is 46.1 Å². The van der Waals surface area contributed by atoms with E-state index in [2.05, 4.69) is 0 Å². The zero-order chi connectivity index (χ0) is 31.4. The molecule has 0 amide bonds. The van der Waals surface area contributed by atoms with Crippen molar-refractivity contribution in [3.63, 3.8) is 0 Å². The molecule has 7 aromatic rings. The van der Waals surface area contributed by atoms with Crippen LogP contribution < -0.4 is 31.8 Å². The smallest absolute Gasteiger partial charge is 0.171 e. The Bertz CT molecular complexity index is 1930. The van der Waals surface area contributed by atoms with Crippen LogP contribution in [0.25, 0.3) is 22.5 Å². The Hall–Kier alpha value is -5.14. The fourth-order valence-corrected chi connectivity index (χ4v) is 11.7. The van der Waals surface area contributed by atoms with E-state index in [1.165, 1.54) is 0 Å². The van der Waals surface area contributed by atoms with Crippen LogP contribution in [0.1, 0.15) is 0 Å². The average Bonchev–Trinajstić information content (AvgIpc) is 3.16. The van der Waals surface area contributed by atoms with E-state index >= 15 is 9.13 Å². The zero-order valence-electron chi connectivity index (χ0n) is 24.9. The molecule has 0 aliphatic carbocycles. The van der Waals surface area contributed by atoms with E-state index in [1.807, 2.05) is 170 Å². The lowest BCUT2D eigenvalue weighted by Gasteiger charge is -2.28. The summed E-state index contributed by atoms with van der Waals surface area (Å²) in [5.74, 6) is 0. The molecule has 2 heterocycles. The van der Waals surface area contributed by atoms with E-state index in [9.17, 15) is 0 Å². The van der Waals surface area contributed by atoms with Crippen LogP contribution in [-0.4, -0.2) is 9.97 Å². The van der Waals surface area contributed by atoms with Crippen LogP contribution in [0.2, 0.25) is 0 Å². The van der Waals surface area contributed by atoms with Gasteiger partial charge in [0, 0.05) is 55.3 Å². The minimum atomic E-state index is -3.50. The Morgan fingerprint density at radius 1 is 0.348 bits per heavy atom. The van der Waals surface area contributed by atoms with Gasteiger partial charge in [-0.15, -0.1) is 0 Å². The third-order valence-corrected chi connectivity index (χ3v) is 14.4. The second-order valence-electron chi connectivity index (χ2n) is 10.9. The van der Waals surface area contributed by atoms with Gasteiger partial charge in [-0.2, -0.15) is 0 Å². The molecule has 46 heavy (non-hydrogen) atoms. The van der Waals surface area contributed by atoms with Gasteiger partial charge in [0.2, 0.25) is 0 Å². The second-order valence-corrected chi connectivity index (χ2v) is 16.3. The van der Waals surface area contributed by atoms with Crippen LogP contribution in [0.15, 0.2) is 182 Å². The summed E-state index contributed by atoms with van der Waals surface area (Å²) in [6.07, 6.45) is 3.46. The van der Waals surface area contributed by atoms with E-state index in [4.69, 9.17) is 9.97 Å². The van der Waals surface area contributed by atoms with Crippen LogP contribution in [0.5, 0.6) is 0 Å². The van der Waals surface area contributed by atoms with Crippen molar-refractivity contribution < 1.29 is 9.13 Å². The van der Waals surface area contributed by atoms with Crippen molar-refractivity contribution in [2.75, 3.05) is 0 Å². The van der Waals surface area contributed by atoms with Crippen LogP contribution in [-0.2, 0) is 9.13 Å². The van der Waals surface area contributed by atoms with Crippen molar-refractivity contribution in [2.45, 2.75) is 0 Å². The summed E-state index contributed by atoms with van der Waals surface area (Å²) < 4.78 is 32.0. The molecule has 0 N–H and O–H groups in total. The lowest BCUT2D eigenvalue weighted by molar-refractivity contribution is 0.591. The number of pyridine rings is 2. The zero-order valence-corrected chi connectivity index (χ0v) is 26.7. The molecule has 5 aromatic carbocycles. The number of rotatable bonds is 8. The van der Waals surface area contributed by atoms with Gasteiger partial charge in [0.1, 0.15) is 0 Å². The van der Waals surface area contributed by atoms with Gasteiger partial charge in [-0.25, -0.2) is 0 Å². The normalized spacial score (nSPS) is 11.7. The predicted octanol–water partition coefficient (Wildman–Crippen LogP) is 7.09. The summed E-state index contributed by atoms with van der Waals surface area (Å²) in [5.41, 5.74) is 2.62. The van der Waals surface area contributed by atoms with Crippen molar-refractivity contribution in [3.8, 4) is 22.5 Å². The molecule has 6 heteroatoms.